The van der Waals surface area contributed by atoms with Crippen LogP contribution < -0.4 is 5.84 Å². The van der Waals surface area contributed by atoms with Gasteiger partial charge in [0, 0.05) is 24.5 Å². The molecule has 0 fully saturated rings. The average molecular weight is 124 g/mol. The Morgan fingerprint density at radius 2 is 2.00 bits per heavy atom. The number of hydrogen-bond donors (Lipinski definition) is 1. The third-order valence-electron chi connectivity index (χ3n) is 0.917. The highest BCUT2D eigenvalue weighted by Crippen LogP contribution is 2.02. The summed E-state index contributed by atoms with van der Waals surface area (Å²) in [6.07, 6.45) is 3.01. The van der Waals surface area contributed by atoms with Crippen LogP contribution in [0.1, 0.15) is 0 Å². The number of hydrazine groups is 1. The Labute approximate surface area is 51.9 Å². The average Bonchev–Trinajstić information content (AvgIpc) is 1.90. The fourth-order valence-corrected chi connectivity index (χ4v) is 0.491. The normalized spacial score (nSPS) is 8.89. The lowest BCUT2D eigenvalue weighted by Gasteiger charge is -1.80. The summed E-state index contributed by atoms with van der Waals surface area (Å²) in [6.45, 7) is 0. The van der Waals surface area contributed by atoms with Crippen LogP contribution in [0.2, 0.25) is 0 Å². The molecule has 9 heavy (non-hydrogen) atoms. The summed E-state index contributed by atoms with van der Waals surface area (Å²) < 4.78 is 0. The number of aromatic nitrogens is 1. The van der Waals surface area contributed by atoms with Crippen molar-refractivity contribution in [3.8, 4) is 0 Å². The topological polar surface area (TPSA) is 59.0 Å². The molecule has 0 spiro atoms. The summed E-state index contributed by atoms with van der Waals surface area (Å²) in [7, 11) is 0. The van der Waals surface area contributed by atoms with Gasteiger partial charge < -0.3 is 0 Å². The lowest BCUT2D eigenvalue weighted by atomic mass is 10.4. The van der Waals surface area contributed by atoms with Gasteiger partial charge in [0.25, 0.3) is 5.69 Å². The van der Waals surface area contributed by atoms with Crippen LogP contribution >= 0.6 is 0 Å². The molecule has 0 saturated carbocycles. The lowest BCUT2D eigenvalue weighted by molar-refractivity contribution is -0.474. The first-order valence-corrected chi connectivity index (χ1v) is 2.42. The molecule has 1 heterocycles. The van der Waals surface area contributed by atoms with E-state index in [4.69, 9.17) is 5.84 Å². The van der Waals surface area contributed by atoms with E-state index in [2.05, 4.69) is 4.98 Å². The van der Waals surface area contributed by atoms with Gasteiger partial charge in [0.15, 0.2) is 4.87 Å². The summed E-state index contributed by atoms with van der Waals surface area (Å²) in [6, 6.07) is 3.07. The van der Waals surface area contributed by atoms with Crippen molar-refractivity contribution in [2.24, 2.45) is 5.84 Å². The van der Waals surface area contributed by atoms with Crippen LogP contribution in [-0.4, -0.2) is 9.85 Å². The van der Waals surface area contributed by atoms with Gasteiger partial charge in [0.2, 0.25) is 0 Å². The van der Waals surface area contributed by atoms with Crippen molar-refractivity contribution in [1.82, 2.24) is 4.98 Å². The zero-order valence-corrected chi connectivity index (χ0v) is 4.69. The fourth-order valence-electron chi connectivity index (χ4n) is 0.491. The smallest absolute Gasteiger partial charge is 0.264 e. The Bertz CT molecular complexity index is 209. The first-order chi connectivity index (χ1) is 4.30. The quantitative estimate of drug-likeness (QED) is 0.334. The number of nitrogens with two attached hydrogens (primary N) is 1. The van der Waals surface area contributed by atoms with Crippen molar-refractivity contribution in [3.05, 3.63) is 29.4 Å². The molecule has 0 atom stereocenters. The van der Waals surface area contributed by atoms with Gasteiger partial charge in [-0.05, 0) is 0 Å². The molecular weight excluding hydrogens is 118 g/mol. The Hall–Kier alpha value is -1.45. The zero-order valence-electron chi connectivity index (χ0n) is 4.69. The molecule has 4 heteroatoms. The second-order valence-corrected chi connectivity index (χ2v) is 1.53. The summed E-state index contributed by atoms with van der Waals surface area (Å²) in [4.78, 5) is 14.3. The third-order valence-corrected chi connectivity index (χ3v) is 0.917. The van der Waals surface area contributed by atoms with E-state index in [1.807, 2.05) is 0 Å². The molecular formula is C5H6N3O+. The molecule has 0 aliphatic rings. The highest BCUT2D eigenvalue weighted by molar-refractivity contribution is 5.24. The summed E-state index contributed by atoms with van der Waals surface area (Å²) >= 11 is 0. The first-order valence-electron chi connectivity index (χ1n) is 2.42. The van der Waals surface area contributed by atoms with Crippen molar-refractivity contribution in [3.63, 3.8) is 0 Å². The first kappa shape index (κ1) is 5.68. The molecule has 0 unspecified atom stereocenters. The molecule has 0 saturated heterocycles. The minimum Gasteiger partial charge on any atom is -0.264 e. The predicted molar refractivity (Wildman–Crippen MR) is 31.7 cm³/mol. The van der Waals surface area contributed by atoms with E-state index in [0.29, 0.717) is 10.6 Å². The van der Waals surface area contributed by atoms with Gasteiger partial charge in [-0.25, -0.2) is 0 Å². The third kappa shape index (κ3) is 1.22. The van der Waals surface area contributed by atoms with Crippen molar-refractivity contribution in [1.29, 1.82) is 0 Å². The molecule has 1 aromatic heterocycles. The highest BCUT2D eigenvalue weighted by atomic mass is 16.3. The number of pyridine rings is 1. The van der Waals surface area contributed by atoms with Crippen molar-refractivity contribution < 1.29 is 4.87 Å². The SMILES string of the molecule is N[N+](=O)c1ccncc1. The van der Waals surface area contributed by atoms with Crippen LogP contribution in [0.4, 0.5) is 5.69 Å². The van der Waals surface area contributed by atoms with Crippen LogP contribution in [0.3, 0.4) is 0 Å². The number of nitroso groups, excluding NO2 is 1. The van der Waals surface area contributed by atoms with Crippen LogP contribution in [0, 0.1) is 4.91 Å². The second kappa shape index (κ2) is 2.21. The van der Waals surface area contributed by atoms with E-state index in [-0.39, 0.29) is 0 Å². The predicted octanol–water partition coefficient (Wildman–Crippen LogP) is 0.366. The van der Waals surface area contributed by atoms with Gasteiger partial charge in [-0.15, -0.1) is 0 Å². The van der Waals surface area contributed by atoms with Gasteiger partial charge in [0.1, 0.15) is 0 Å². The van der Waals surface area contributed by atoms with Crippen molar-refractivity contribution >= 4 is 5.69 Å². The van der Waals surface area contributed by atoms with Crippen molar-refractivity contribution in [2.75, 3.05) is 0 Å². The molecule has 0 amide bonds. The Kier molecular flexibility index (Phi) is 1.40. The molecule has 0 aromatic carbocycles. The monoisotopic (exact) mass is 124 g/mol. The van der Waals surface area contributed by atoms with Gasteiger partial charge in [-0.2, -0.15) is 5.84 Å². The van der Waals surface area contributed by atoms with Crippen LogP contribution in [0.15, 0.2) is 24.5 Å². The number of hydrogen-bond acceptors (Lipinski definition) is 2. The largest absolute Gasteiger partial charge is 0.294 e. The Morgan fingerprint density at radius 1 is 1.44 bits per heavy atom. The van der Waals surface area contributed by atoms with E-state index in [9.17, 15) is 4.91 Å². The maximum absolute atomic E-state index is 10.3. The van der Waals surface area contributed by atoms with Gasteiger partial charge in [0.05, 0.1) is 4.91 Å². The van der Waals surface area contributed by atoms with Crippen molar-refractivity contribution in [2.45, 2.75) is 0 Å². The maximum atomic E-state index is 10.3. The molecule has 46 valence electrons. The van der Waals surface area contributed by atoms with Crippen LogP contribution in [-0.2, 0) is 0 Å². The molecule has 1 rings (SSSR count). The standard InChI is InChI=1S/C5H6N3O/c6-8(9)5-1-3-7-4-2-5/h1-4H,(H2,6,9)/q+1. The molecule has 0 aliphatic carbocycles. The van der Waals surface area contributed by atoms with Gasteiger partial charge >= 0.3 is 0 Å². The highest BCUT2D eigenvalue weighted by Gasteiger charge is 2.03. The number of rotatable bonds is 1. The molecule has 1 aromatic rings. The number of nitrogens with zero attached hydrogens (tertiary/aromatic N) is 2. The molecule has 4 nitrogen and oxygen atoms in total. The Balaban J connectivity index is 2.98. The Morgan fingerprint density at radius 3 is 2.33 bits per heavy atom. The minimum absolute atomic E-state index is 0.293. The van der Waals surface area contributed by atoms with Gasteiger partial charge in [-0.1, -0.05) is 0 Å². The fraction of sp³-hybridized carbons (Fsp3) is 0. The zero-order chi connectivity index (χ0) is 6.69. The minimum atomic E-state index is 0.293. The van der Waals surface area contributed by atoms with Crippen LogP contribution in [0.25, 0.3) is 0 Å². The lowest BCUT2D eigenvalue weighted by Crippen LogP contribution is -2.08. The molecule has 0 aliphatic heterocycles. The van der Waals surface area contributed by atoms with E-state index < -0.39 is 0 Å². The summed E-state index contributed by atoms with van der Waals surface area (Å²) in [5.74, 6) is 4.86. The summed E-state index contributed by atoms with van der Waals surface area (Å²) in [5, 5.41) is 0. The van der Waals surface area contributed by atoms with E-state index in [0.717, 1.165) is 0 Å². The summed E-state index contributed by atoms with van der Waals surface area (Å²) in [5.41, 5.74) is 0.407. The molecule has 0 bridgehead atoms. The van der Waals surface area contributed by atoms with Crippen LogP contribution in [0.5, 0.6) is 0 Å². The maximum Gasteiger partial charge on any atom is 0.294 e. The van der Waals surface area contributed by atoms with Gasteiger partial charge in [-0.3, -0.25) is 4.98 Å². The second-order valence-electron chi connectivity index (χ2n) is 1.53. The molecule has 0 radical (unpaired) electrons. The van der Waals surface area contributed by atoms with E-state index >= 15 is 0 Å². The van der Waals surface area contributed by atoms with E-state index in [1.165, 1.54) is 24.5 Å². The van der Waals surface area contributed by atoms with E-state index in [1.54, 1.807) is 0 Å². The molecule has 2 N–H and O–H groups in total.